The lowest BCUT2D eigenvalue weighted by molar-refractivity contribution is 0.206. The van der Waals surface area contributed by atoms with E-state index in [9.17, 15) is 0 Å². The molecule has 2 atom stereocenters. The number of nitrogens with zero attached hydrogens (tertiary/aromatic N) is 1. The maximum Gasteiger partial charge on any atom is 0.00356 e. The van der Waals surface area contributed by atoms with Gasteiger partial charge < -0.3 is 10.6 Å². The lowest BCUT2D eigenvalue weighted by atomic mass is 9.95. The fraction of sp³-hybridized carbons (Fsp3) is 1.00. The third-order valence-electron chi connectivity index (χ3n) is 3.52. The van der Waals surface area contributed by atoms with Gasteiger partial charge in [-0.1, -0.05) is 6.42 Å². The normalized spacial score (nSPS) is 29.1. The van der Waals surface area contributed by atoms with Crippen LogP contribution in [0.5, 0.6) is 0 Å². The molecule has 0 aromatic rings. The van der Waals surface area contributed by atoms with Gasteiger partial charge in [0.05, 0.1) is 0 Å². The lowest BCUT2D eigenvalue weighted by Crippen LogP contribution is -2.34. The first-order valence-corrected chi connectivity index (χ1v) is 5.55. The molecule has 1 saturated carbocycles. The molecular formula is C11H24N2. The third kappa shape index (κ3) is 2.96. The van der Waals surface area contributed by atoms with Crippen LogP contribution in [0.1, 0.15) is 33.1 Å². The van der Waals surface area contributed by atoms with Crippen LogP contribution in [0.15, 0.2) is 0 Å². The van der Waals surface area contributed by atoms with Crippen molar-refractivity contribution >= 4 is 0 Å². The van der Waals surface area contributed by atoms with Crippen LogP contribution >= 0.6 is 0 Å². The summed E-state index contributed by atoms with van der Waals surface area (Å²) in [6.45, 7) is 6.63. The molecule has 0 radical (unpaired) electrons. The Labute approximate surface area is 82.5 Å². The zero-order valence-corrected chi connectivity index (χ0v) is 9.29. The fourth-order valence-electron chi connectivity index (χ4n) is 2.25. The smallest absolute Gasteiger partial charge is 0.00356 e. The van der Waals surface area contributed by atoms with Crippen LogP contribution in [0.25, 0.3) is 0 Å². The van der Waals surface area contributed by atoms with Crippen molar-refractivity contribution < 1.29 is 0 Å². The second-order valence-electron chi connectivity index (χ2n) is 4.72. The second-order valence-corrected chi connectivity index (χ2v) is 4.72. The maximum atomic E-state index is 5.76. The Morgan fingerprint density at radius 1 is 1.31 bits per heavy atom. The molecule has 1 rings (SSSR count). The van der Waals surface area contributed by atoms with Gasteiger partial charge in [-0.2, -0.15) is 0 Å². The fourth-order valence-corrected chi connectivity index (χ4v) is 2.25. The highest BCUT2D eigenvalue weighted by Crippen LogP contribution is 2.31. The molecule has 0 bridgehead atoms. The molecule has 0 amide bonds. The third-order valence-corrected chi connectivity index (χ3v) is 3.52. The molecule has 0 heterocycles. The van der Waals surface area contributed by atoms with Crippen molar-refractivity contribution in [2.24, 2.45) is 17.6 Å². The van der Waals surface area contributed by atoms with E-state index in [-0.39, 0.29) is 0 Å². The Kier molecular flexibility index (Phi) is 4.20. The predicted molar refractivity (Wildman–Crippen MR) is 57.7 cm³/mol. The maximum absolute atomic E-state index is 5.76. The van der Waals surface area contributed by atoms with Crippen LogP contribution < -0.4 is 5.73 Å². The van der Waals surface area contributed by atoms with Crippen LogP contribution in [-0.4, -0.2) is 31.1 Å². The van der Waals surface area contributed by atoms with Crippen molar-refractivity contribution in [1.29, 1.82) is 0 Å². The van der Waals surface area contributed by atoms with Crippen molar-refractivity contribution in [3.05, 3.63) is 0 Å². The van der Waals surface area contributed by atoms with Crippen molar-refractivity contribution in [3.8, 4) is 0 Å². The molecule has 0 aliphatic heterocycles. The molecule has 2 nitrogen and oxygen atoms in total. The Bertz CT molecular complexity index is 145. The minimum Gasteiger partial charge on any atom is -0.330 e. The first kappa shape index (κ1) is 11.0. The van der Waals surface area contributed by atoms with E-state index in [1.54, 1.807) is 0 Å². The standard InChI is InChI=1S/C11H24N2/c1-9(2)13(3)8-11-6-4-5-10(11)7-12/h9-11H,4-8,12H2,1-3H3. The van der Waals surface area contributed by atoms with Gasteiger partial charge in [-0.25, -0.2) is 0 Å². The molecule has 2 N–H and O–H groups in total. The minimum absolute atomic E-state index is 0.666. The minimum atomic E-state index is 0.666. The van der Waals surface area contributed by atoms with Crippen LogP contribution in [-0.2, 0) is 0 Å². The molecule has 0 spiro atoms. The van der Waals surface area contributed by atoms with Crippen LogP contribution in [0.4, 0.5) is 0 Å². The van der Waals surface area contributed by atoms with Gasteiger partial charge in [-0.15, -0.1) is 0 Å². The molecule has 2 heteroatoms. The molecule has 13 heavy (non-hydrogen) atoms. The zero-order chi connectivity index (χ0) is 9.84. The monoisotopic (exact) mass is 184 g/mol. The molecule has 0 aromatic heterocycles. The van der Waals surface area contributed by atoms with Crippen LogP contribution in [0.2, 0.25) is 0 Å². The predicted octanol–water partition coefficient (Wildman–Crippen LogP) is 1.70. The van der Waals surface area contributed by atoms with E-state index < -0.39 is 0 Å². The van der Waals surface area contributed by atoms with E-state index in [2.05, 4.69) is 25.8 Å². The van der Waals surface area contributed by atoms with Gasteiger partial charge in [0.25, 0.3) is 0 Å². The Morgan fingerprint density at radius 3 is 2.46 bits per heavy atom. The quantitative estimate of drug-likeness (QED) is 0.720. The molecule has 1 aliphatic carbocycles. The molecular weight excluding hydrogens is 160 g/mol. The van der Waals surface area contributed by atoms with E-state index in [1.807, 2.05) is 0 Å². The summed E-state index contributed by atoms with van der Waals surface area (Å²) in [6, 6.07) is 0.666. The Morgan fingerprint density at radius 2 is 1.92 bits per heavy atom. The van der Waals surface area contributed by atoms with Crippen molar-refractivity contribution in [2.45, 2.75) is 39.2 Å². The Balaban J connectivity index is 2.34. The summed E-state index contributed by atoms with van der Waals surface area (Å²) in [5.41, 5.74) is 5.76. The molecule has 2 unspecified atom stereocenters. The number of hydrogen-bond acceptors (Lipinski definition) is 2. The van der Waals surface area contributed by atoms with E-state index in [1.165, 1.54) is 25.8 Å². The number of hydrogen-bond donors (Lipinski definition) is 1. The average molecular weight is 184 g/mol. The average Bonchev–Trinajstić information content (AvgIpc) is 2.51. The molecule has 0 saturated heterocycles. The summed E-state index contributed by atoms with van der Waals surface area (Å²) in [5.74, 6) is 1.65. The highest BCUT2D eigenvalue weighted by molar-refractivity contribution is 4.80. The summed E-state index contributed by atoms with van der Waals surface area (Å²) >= 11 is 0. The molecule has 78 valence electrons. The van der Waals surface area contributed by atoms with Crippen molar-refractivity contribution in [1.82, 2.24) is 4.90 Å². The summed E-state index contributed by atoms with van der Waals surface area (Å²) < 4.78 is 0. The summed E-state index contributed by atoms with van der Waals surface area (Å²) in [6.07, 6.45) is 4.13. The highest BCUT2D eigenvalue weighted by atomic mass is 15.1. The van der Waals surface area contributed by atoms with E-state index >= 15 is 0 Å². The molecule has 0 aromatic carbocycles. The summed E-state index contributed by atoms with van der Waals surface area (Å²) in [4.78, 5) is 2.44. The second kappa shape index (κ2) is 4.97. The van der Waals surface area contributed by atoms with E-state index in [0.717, 1.165) is 18.4 Å². The van der Waals surface area contributed by atoms with Gasteiger partial charge in [-0.05, 0) is 52.1 Å². The Hall–Kier alpha value is -0.0800. The molecule has 1 fully saturated rings. The van der Waals surface area contributed by atoms with Gasteiger partial charge in [0.2, 0.25) is 0 Å². The van der Waals surface area contributed by atoms with Crippen molar-refractivity contribution in [3.63, 3.8) is 0 Å². The van der Waals surface area contributed by atoms with Gasteiger partial charge in [0.1, 0.15) is 0 Å². The van der Waals surface area contributed by atoms with E-state index in [0.29, 0.717) is 6.04 Å². The van der Waals surface area contributed by atoms with Gasteiger partial charge in [0.15, 0.2) is 0 Å². The first-order valence-electron chi connectivity index (χ1n) is 5.55. The summed E-state index contributed by atoms with van der Waals surface area (Å²) in [7, 11) is 2.22. The molecule has 1 aliphatic rings. The van der Waals surface area contributed by atoms with E-state index in [4.69, 9.17) is 5.73 Å². The first-order chi connectivity index (χ1) is 6.15. The highest BCUT2D eigenvalue weighted by Gasteiger charge is 2.27. The number of nitrogens with two attached hydrogens (primary N) is 1. The lowest BCUT2D eigenvalue weighted by Gasteiger charge is -2.27. The van der Waals surface area contributed by atoms with Crippen LogP contribution in [0, 0.1) is 11.8 Å². The largest absolute Gasteiger partial charge is 0.330 e. The summed E-state index contributed by atoms with van der Waals surface area (Å²) in [5, 5.41) is 0. The van der Waals surface area contributed by atoms with Gasteiger partial charge in [0, 0.05) is 12.6 Å². The van der Waals surface area contributed by atoms with Crippen LogP contribution in [0.3, 0.4) is 0 Å². The zero-order valence-electron chi connectivity index (χ0n) is 9.29. The van der Waals surface area contributed by atoms with Gasteiger partial charge in [-0.3, -0.25) is 0 Å². The SMILES string of the molecule is CC(C)N(C)CC1CCCC1CN. The van der Waals surface area contributed by atoms with Crippen molar-refractivity contribution in [2.75, 3.05) is 20.1 Å². The number of rotatable bonds is 4. The topological polar surface area (TPSA) is 29.3 Å². The van der Waals surface area contributed by atoms with Gasteiger partial charge >= 0.3 is 0 Å².